The number of sulfone groups is 1. The number of carbonyl (C=O) groups excluding carboxylic acids is 1. The predicted octanol–water partition coefficient (Wildman–Crippen LogP) is 2.36. The van der Waals surface area contributed by atoms with Gasteiger partial charge in [0.25, 0.3) is 0 Å². The van der Waals surface area contributed by atoms with Crippen LogP contribution in [0, 0.1) is 5.82 Å². The Bertz CT molecular complexity index is 1490. The van der Waals surface area contributed by atoms with E-state index >= 15 is 0 Å². The Morgan fingerprint density at radius 2 is 1.87 bits per heavy atom. The van der Waals surface area contributed by atoms with Crippen molar-refractivity contribution in [1.29, 1.82) is 0 Å². The van der Waals surface area contributed by atoms with Crippen LogP contribution in [0.5, 0.6) is 0 Å². The molecule has 0 saturated heterocycles. The van der Waals surface area contributed by atoms with Gasteiger partial charge in [0, 0.05) is 17.2 Å². The van der Waals surface area contributed by atoms with Crippen LogP contribution in [0.2, 0.25) is 0 Å². The van der Waals surface area contributed by atoms with Gasteiger partial charge in [-0.3, -0.25) is 14.5 Å². The zero-order valence-electron chi connectivity index (χ0n) is 16.0. The molecule has 4 rings (SSSR count). The number of benzene rings is 2. The largest absolute Gasteiger partial charge is 0.477 e. The van der Waals surface area contributed by atoms with Gasteiger partial charge in [0.05, 0.1) is 21.8 Å². The number of nitrogens with zero attached hydrogens (tertiary/aromatic N) is 2. The Labute approximate surface area is 174 Å². The van der Waals surface area contributed by atoms with Gasteiger partial charge in [-0.2, -0.15) is 5.10 Å². The van der Waals surface area contributed by atoms with Crippen molar-refractivity contribution in [3.63, 3.8) is 0 Å². The zero-order chi connectivity index (χ0) is 22.5. The quantitative estimate of drug-likeness (QED) is 0.432. The molecule has 4 aromatic rings. The molecule has 2 heterocycles. The summed E-state index contributed by atoms with van der Waals surface area (Å²) in [6.45, 7) is 0. The highest BCUT2D eigenvalue weighted by atomic mass is 32.2. The van der Waals surface area contributed by atoms with Crippen molar-refractivity contribution in [2.24, 2.45) is 5.73 Å². The van der Waals surface area contributed by atoms with E-state index in [2.05, 4.69) is 10.2 Å². The fourth-order valence-electron chi connectivity index (χ4n) is 3.31. The summed E-state index contributed by atoms with van der Waals surface area (Å²) in [5.74, 6) is -3.02. The van der Waals surface area contributed by atoms with Gasteiger partial charge < -0.3 is 10.8 Å². The van der Waals surface area contributed by atoms with Crippen LogP contribution >= 0.6 is 0 Å². The van der Waals surface area contributed by atoms with Crippen LogP contribution < -0.4 is 5.73 Å². The summed E-state index contributed by atoms with van der Waals surface area (Å²) in [6, 6.07) is 10.5. The average molecular weight is 442 g/mol. The molecule has 0 fully saturated rings. The number of carboxylic acids is 1. The number of hydrogen-bond donors (Lipinski definition) is 3. The Morgan fingerprint density at radius 3 is 2.48 bits per heavy atom. The first-order valence-electron chi connectivity index (χ1n) is 8.81. The minimum Gasteiger partial charge on any atom is -0.477 e. The Morgan fingerprint density at radius 1 is 1.13 bits per heavy atom. The number of nitrogens with one attached hydrogen (secondary N) is 1. The third kappa shape index (κ3) is 3.44. The highest BCUT2D eigenvalue weighted by Crippen LogP contribution is 2.33. The van der Waals surface area contributed by atoms with E-state index in [1.807, 2.05) is 0 Å². The molecule has 0 saturated carbocycles. The fraction of sp³-hybridized carbons (Fsp3) is 0.0500. The summed E-state index contributed by atoms with van der Waals surface area (Å²) in [7, 11) is -3.51. The molecular weight excluding hydrogens is 427 g/mol. The van der Waals surface area contributed by atoms with Crippen molar-refractivity contribution in [3.05, 3.63) is 65.6 Å². The van der Waals surface area contributed by atoms with E-state index in [1.165, 1.54) is 42.5 Å². The third-order valence-electron chi connectivity index (χ3n) is 4.78. The Hall–Kier alpha value is -3.99. The first-order chi connectivity index (χ1) is 14.6. The fourth-order valence-corrected chi connectivity index (χ4v) is 3.96. The standard InChI is InChI=1S/C20H15FN4O5S/c1-31(29,30)11-3-4-14-12(9-11)18(24-23-14)16-6-7-17(20(27)28)25(16)15-5-2-10(19(22)26)8-13(15)21/h2-9H,1H3,(H2,22,26)(H,23,24)(H,27,28). The summed E-state index contributed by atoms with van der Waals surface area (Å²) in [6.07, 6.45) is 1.06. The van der Waals surface area contributed by atoms with Crippen LogP contribution in [0.25, 0.3) is 28.0 Å². The lowest BCUT2D eigenvalue weighted by atomic mass is 10.1. The smallest absolute Gasteiger partial charge is 0.352 e. The molecule has 2 aromatic heterocycles. The van der Waals surface area contributed by atoms with Crippen molar-refractivity contribution < 1.29 is 27.5 Å². The van der Waals surface area contributed by atoms with E-state index in [1.54, 1.807) is 0 Å². The molecule has 11 heteroatoms. The number of aromatic nitrogens is 3. The minimum absolute atomic E-state index is 0.0520. The highest BCUT2D eigenvalue weighted by molar-refractivity contribution is 7.90. The first kappa shape index (κ1) is 20.3. The molecule has 158 valence electrons. The number of aromatic carboxylic acids is 1. The topological polar surface area (TPSA) is 148 Å². The molecule has 0 spiro atoms. The predicted molar refractivity (Wildman–Crippen MR) is 109 cm³/mol. The number of H-pyrrole nitrogens is 1. The second-order valence-corrected chi connectivity index (χ2v) is 8.84. The number of amides is 1. The van der Waals surface area contributed by atoms with Gasteiger partial charge in [0.1, 0.15) is 17.2 Å². The molecular formula is C20H15FN4O5S. The molecule has 1 amide bonds. The van der Waals surface area contributed by atoms with E-state index in [0.717, 1.165) is 16.9 Å². The Kier molecular flexibility index (Phi) is 4.62. The number of rotatable bonds is 5. The lowest BCUT2D eigenvalue weighted by Gasteiger charge is -2.12. The first-order valence-corrected chi connectivity index (χ1v) is 10.7. The van der Waals surface area contributed by atoms with Gasteiger partial charge in [-0.05, 0) is 48.5 Å². The van der Waals surface area contributed by atoms with Crippen LogP contribution in [0.1, 0.15) is 20.8 Å². The van der Waals surface area contributed by atoms with Gasteiger partial charge in [0.15, 0.2) is 9.84 Å². The third-order valence-corrected chi connectivity index (χ3v) is 5.89. The number of carbonyl (C=O) groups is 2. The van der Waals surface area contributed by atoms with E-state index in [0.29, 0.717) is 10.9 Å². The molecule has 0 radical (unpaired) electrons. The second-order valence-electron chi connectivity index (χ2n) is 6.83. The highest BCUT2D eigenvalue weighted by Gasteiger charge is 2.23. The van der Waals surface area contributed by atoms with Gasteiger partial charge in [-0.15, -0.1) is 0 Å². The molecule has 9 nitrogen and oxygen atoms in total. The van der Waals surface area contributed by atoms with Crippen molar-refractivity contribution in [3.8, 4) is 17.1 Å². The van der Waals surface area contributed by atoms with E-state index in [4.69, 9.17) is 5.73 Å². The van der Waals surface area contributed by atoms with Crippen molar-refractivity contribution in [2.75, 3.05) is 6.26 Å². The van der Waals surface area contributed by atoms with Crippen LogP contribution in [0.3, 0.4) is 0 Å². The van der Waals surface area contributed by atoms with Gasteiger partial charge in [0.2, 0.25) is 5.91 Å². The number of nitrogens with two attached hydrogens (primary N) is 1. The van der Waals surface area contributed by atoms with Crippen LogP contribution in [-0.4, -0.2) is 46.4 Å². The minimum atomic E-state index is -3.51. The van der Waals surface area contributed by atoms with Crippen LogP contribution in [0.15, 0.2) is 53.4 Å². The van der Waals surface area contributed by atoms with E-state index < -0.39 is 27.5 Å². The number of carboxylic acid groups (broad SMARTS) is 1. The molecule has 0 bridgehead atoms. The molecule has 0 unspecified atom stereocenters. The van der Waals surface area contributed by atoms with Crippen LogP contribution in [0.4, 0.5) is 4.39 Å². The molecule has 4 N–H and O–H groups in total. The number of primary amides is 1. The molecule has 0 aliphatic carbocycles. The summed E-state index contributed by atoms with van der Waals surface area (Å²) >= 11 is 0. The van der Waals surface area contributed by atoms with Crippen molar-refractivity contribution in [2.45, 2.75) is 4.90 Å². The lowest BCUT2D eigenvalue weighted by molar-refractivity contribution is 0.0688. The summed E-state index contributed by atoms with van der Waals surface area (Å²) < 4.78 is 39.9. The maximum absolute atomic E-state index is 14.8. The van der Waals surface area contributed by atoms with Gasteiger partial charge >= 0.3 is 5.97 Å². The normalized spacial score (nSPS) is 11.7. The lowest BCUT2D eigenvalue weighted by Crippen LogP contribution is -2.13. The number of fused-ring (bicyclic) bond motifs is 1. The maximum atomic E-state index is 14.8. The van der Waals surface area contributed by atoms with Gasteiger partial charge in [-0.1, -0.05) is 0 Å². The maximum Gasteiger partial charge on any atom is 0.352 e. The number of hydrogen-bond acceptors (Lipinski definition) is 5. The van der Waals surface area contributed by atoms with E-state index in [-0.39, 0.29) is 33.2 Å². The van der Waals surface area contributed by atoms with Crippen LogP contribution in [-0.2, 0) is 9.84 Å². The summed E-state index contributed by atoms with van der Waals surface area (Å²) in [5, 5.41) is 17.0. The zero-order valence-corrected chi connectivity index (χ0v) is 16.8. The second kappa shape index (κ2) is 7.06. The molecule has 0 atom stereocenters. The number of aromatic amines is 1. The van der Waals surface area contributed by atoms with E-state index in [9.17, 15) is 27.5 Å². The number of halogens is 1. The monoisotopic (exact) mass is 442 g/mol. The molecule has 2 aromatic carbocycles. The summed E-state index contributed by atoms with van der Waals surface area (Å²) in [5.41, 5.74) is 5.66. The Balaban J connectivity index is 2.00. The summed E-state index contributed by atoms with van der Waals surface area (Å²) in [4.78, 5) is 23.2. The van der Waals surface area contributed by atoms with Crippen molar-refractivity contribution in [1.82, 2.24) is 14.8 Å². The van der Waals surface area contributed by atoms with Crippen molar-refractivity contribution >= 4 is 32.6 Å². The SMILES string of the molecule is CS(=O)(=O)c1ccc2[nH]nc(-c3ccc(C(=O)O)n3-c3ccc(C(N)=O)cc3F)c2c1. The van der Waals surface area contributed by atoms with Gasteiger partial charge in [-0.25, -0.2) is 17.6 Å². The molecule has 31 heavy (non-hydrogen) atoms. The average Bonchev–Trinajstić information content (AvgIpc) is 3.30. The molecule has 0 aliphatic rings. The molecule has 0 aliphatic heterocycles.